The van der Waals surface area contributed by atoms with E-state index in [1.54, 1.807) is 30.7 Å². The van der Waals surface area contributed by atoms with Crippen LogP contribution in [0.4, 0.5) is 0 Å². The lowest BCUT2D eigenvalue weighted by Gasteiger charge is -2.29. The Balaban J connectivity index is 1.20. The average molecular weight is 445 g/mol. The van der Waals surface area contributed by atoms with Gasteiger partial charge in [-0.2, -0.15) is 5.10 Å². The molecule has 0 spiro atoms. The third-order valence-electron chi connectivity index (χ3n) is 6.99. The Morgan fingerprint density at radius 2 is 2.00 bits per heavy atom. The van der Waals surface area contributed by atoms with Crippen LogP contribution in [-0.4, -0.2) is 71.9 Å². The molecule has 4 aromatic heterocycles. The van der Waals surface area contributed by atoms with Gasteiger partial charge in [0.1, 0.15) is 0 Å². The van der Waals surface area contributed by atoms with Crippen molar-refractivity contribution in [3.8, 4) is 0 Å². The molecule has 0 radical (unpaired) electrons. The van der Waals surface area contributed by atoms with Gasteiger partial charge in [0, 0.05) is 55.2 Å². The highest BCUT2D eigenvalue weighted by Crippen LogP contribution is 2.32. The highest BCUT2D eigenvalue weighted by Gasteiger charge is 2.39. The Morgan fingerprint density at radius 1 is 1.09 bits per heavy atom. The number of aromatic nitrogens is 5. The predicted octanol–water partition coefficient (Wildman–Crippen LogP) is 1.67. The molecule has 2 aliphatic rings. The molecule has 2 N–H and O–H groups in total. The van der Waals surface area contributed by atoms with Gasteiger partial charge in [0.05, 0.1) is 17.3 Å². The first kappa shape index (κ1) is 19.7. The zero-order valence-electron chi connectivity index (χ0n) is 17.9. The minimum Gasteiger partial charge on any atom is -0.360 e. The molecular formula is C23H23N7O3. The highest BCUT2D eigenvalue weighted by atomic mass is 16.2. The van der Waals surface area contributed by atoms with E-state index in [-0.39, 0.29) is 29.5 Å². The summed E-state index contributed by atoms with van der Waals surface area (Å²) in [6, 6.07) is 5.30. The summed E-state index contributed by atoms with van der Waals surface area (Å²) in [5.41, 5.74) is 2.07. The predicted molar refractivity (Wildman–Crippen MR) is 120 cm³/mol. The van der Waals surface area contributed by atoms with Gasteiger partial charge < -0.3 is 14.8 Å². The standard InChI is InChI=1S/C23H23N7O3/c31-21(14-5-9-30-20(10-14)26-27-23(30)33)29-7-1-2-19(29)15-4-8-28(13-15)22(32)17-11-24-12-18-16(17)3-6-25-18/h3,5-6,9-12,15,19,25H,1-2,4,7-8,13H2,(H,27,33). The maximum Gasteiger partial charge on any atom is 0.347 e. The van der Waals surface area contributed by atoms with Crippen molar-refractivity contribution in [3.63, 3.8) is 0 Å². The molecule has 2 amide bonds. The molecule has 10 heteroatoms. The smallest absolute Gasteiger partial charge is 0.347 e. The van der Waals surface area contributed by atoms with Crippen molar-refractivity contribution in [3.05, 3.63) is 64.6 Å². The summed E-state index contributed by atoms with van der Waals surface area (Å²) in [6.45, 7) is 1.99. The topological polar surface area (TPSA) is 119 Å². The van der Waals surface area contributed by atoms with Gasteiger partial charge in [-0.05, 0) is 43.4 Å². The highest BCUT2D eigenvalue weighted by molar-refractivity contribution is 6.06. The number of likely N-dealkylation sites (tertiary alicyclic amines) is 2. The van der Waals surface area contributed by atoms with Gasteiger partial charge in [0.15, 0.2) is 5.65 Å². The van der Waals surface area contributed by atoms with E-state index in [1.165, 1.54) is 4.40 Å². The van der Waals surface area contributed by atoms with Gasteiger partial charge >= 0.3 is 5.69 Å². The first-order valence-corrected chi connectivity index (χ1v) is 11.2. The van der Waals surface area contributed by atoms with Crippen molar-refractivity contribution < 1.29 is 9.59 Å². The second kappa shape index (κ2) is 7.58. The lowest BCUT2D eigenvalue weighted by molar-refractivity contribution is 0.0681. The lowest BCUT2D eigenvalue weighted by atomic mass is 9.96. The summed E-state index contributed by atoms with van der Waals surface area (Å²) in [7, 11) is 0. The molecule has 2 atom stereocenters. The fourth-order valence-corrected chi connectivity index (χ4v) is 5.34. The third-order valence-corrected chi connectivity index (χ3v) is 6.99. The van der Waals surface area contributed by atoms with Crippen LogP contribution >= 0.6 is 0 Å². The third kappa shape index (κ3) is 3.21. The number of aromatic amines is 2. The zero-order chi connectivity index (χ0) is 22.5. The summed E-state index contributed by atoms with van der Waals surface area (Å²) >= 11 is 0. The van der Waals surface area contributed by atoms with Crippen LogP contribution in [0.1, 0.15) is 40.0 Å². The summed E-state index contributed by atoms with van der Waals surface area (Å²) in [6.07, 6.45) is 9.48. The number of nitrogens with zero attached hydrogens (tertiary/aromatic N) is 5. The van der Waals surface area contributed by atoms with Gasteiger partial charge in [0.25, 0.3) is 11.8 Å². The van der Waals surface area contributed by atoms with E-state index in [2.05, 4.69) is 20.2 Å². The number of amides is 2. The number of hydrogen-bond acceptors (Lipinski definition) is 5. The maximum atomic E-state index is 13.3. The second-order valence-corrected chi connectivity index (χ2v) is 8.81. The van der Waals surface area contributed by atoms with E-state index in [1.807, 2.05) is 22.1 Å². The van der Waals surface area contributed by atoms with E-state index < -0.39 is 0 Å². The van der Waals surface area contributed by atoms with Gasteiger partial charge in [0.2, 0.25) is 0 Å². The van der Waals surface area contributed by atoms with Crippen LogP contribution < -0.4 is 5.69 Å². The lowest BCUT2D eigenvalue weighted by Crippen LogP contribution is -2.41. The van der Waals surface area contributed by atoms with Gasteiger partial charge in [-0.3, -0.25) is 19.0 Å². The summed E-state index contributed by atoms with van der Waals surface area (Å²) in [5, 5.41) is 7.23. The molecule has 2 saturated heterocycles. The summed E-state index contributed by atoms with van der Waals surface area (Å²) < 4.78 is 1.37. The molecule has 0 saturated carbocycles. The molecule has 10 nitrogen and oxygen atoms in total. The minimum atomic E-state index is -0.329. The number of pyridine rings is 2. The van der Waals surface area contributed by atoms with Crippen molar-refractivity contribution in [1.82, 2.24) is 34.4 Å². The normalized spacial score (nSPS) is 20.8. The van der Waals surface area contributed by atoms with Crippen molar-refractivity contribution in [2.75, 3.05) is 19.6 Å². The first-order chi connectivity index (χ1) is 16.1. The van der Waals surface area contributed by atoms with Crippen LogP contribution in [0, 0.1) is 5.92 Å². The number of carbonyl (C=O) groups excluding carboxylic acids is 2. The number of H-pyrrole nitrogens is 2. The number of nitrogens with one attached hydrogen (secondary N) is 2. The largest absolute Gasteiger partial charge is 0.360 e. The number of rotatable bonds is 3. The van der Waals surface area contributed by atoms with Crippen LogP contribution in [0.2, 0.25) is 0 Å². The first-order valence-electron chi connectivity index (χ1n) is 11.2. The minimum absolute atomic E-state index is 0.0134. The molecule has 168 valence electrons. The van der Waals surface area contributed by atoms with Crippen LogP contribution in [0.25, 0.3) is 16.6 Å². The molecule has 0 aromatic carbocycles. The summed E-state index contributed by atoms with van der Waals surface area (Å²) in [5.74, 6) is 0.164. The number of carbonyl (C=O) groups is 2. The van der Waals surface area contributed by atoms with Crippen LogP contribution in [-0.2, 0) is 0 Å². The van der Waals surface area contributed by atoms with E-state index in [4.69, 9.17) is 0 Å². The maximum absolute atomic E-state index is 13.3. The Hall–Kier alpha value is -3.95. The summed E-state index contributed by atoms with van der Waals surface area (Å²) in [4.78, 5) is 49.4. The Morgan fingerprint density at radius 3 is 2.91 bits per heavy atom. The number of hydrogen-bond donors (Lipinski definition) is 2. The molecule has 2 aliphatic heterocycles. The van der Waals surface area contributed by atoms with E-state index in [0.717, 1.165) is 30.2 Å². The average Bonchev–Trinajstić information content (AvgIpc) is 3.63. The molecule has 0 bridgehead atoms. The van der Waals surface area contributed by atoms with Crippen molar-refractivity contribution in [2.24, 2.45) is 5.92 Å². The van der Waals surface area contributed by atoms with Gasteiger partial charge in [-0.15, -0.1) is 0 Å². The molecule has 33 heavy (non-hydrogen) atoms. The number of fused-ring (bicyclic) bond motifs is 2. The Labute approximate surface area is 188 Å². The molecule has 6 heterocycles. The molecular weight excluding hydrogens is 422 g/mol. The van der Waals surface area contributed by atoms with E-state index in [9.17, 15) is 14.4 Å². The second-order valence-electron chi connectivity index (χ2n) is 8.81. The van der Waals surface area contributed by atoms with E-state index in [0.29, 0.717) is 36.4 Å². The Kier molecular flexibility index (Phi) is 4.53. The van der Waals surface area contributed by atoms with Crippen LogP contribution in [0.3, 0.4) is 0 Å². The van der Waals surface area contributed by atoms with Crippen molar-refractivity contribution in [2.45, 2.75) is 25.3 Å². The SMILES string of the molecule is O=C(c1cncc2[nH]ccc12)N1CCC(C2CCCN2C(=O)c2ccn3c(=O)[nH]nc3c2)C1. The van der Waals surface area contributed by atoms with Gasteiger partial charge in [-0.1, -0.05) is 0 Å². The molecule has 2 unspecified atom stereocenters. The van der Waals surface area contributed by atoms with Crippen LogP contribution in [0.15, 0.2) is 47.8 Å². The van der Waals surface area contributed by atoms with Crippen molar-refractivity contribution in [1.29, 1.82) is 0 Å². The molecule has 2 fully saturated rings. The zero-order valence-corrected chi connectivity index (χ0v) is 17.9. The molecule has 0 aliphatic carbocycles. The molecule has 4 aromatic rings. The molecule has 6 rings (SSSR count). The quantitative estimate of drug-likeness (QED) is 0.497. The van der Waals surface area contributed by atoms with Crippen molar-refractivity contribution >= 4 is 28.4 Å². The fraction of sp³-hybridized carbons (Fsp3) is 0.348. The van der Waals surface area contributed by atoms with Crippen LogP contribution in [0.5, 0.6) is 0 Å². The van der Waals surface area contributed by atoms with E-state index >= 15 is 0 Å². The monoisotopic (exact) mass is 445 g/mol. The fourth-order valence-electron chi connectivity index (χ4n) is 5.34. The van der Waals surface area contributed by atoms with Gasteiger partial charge in [-0.25, -0.2) is 9.89 Å². The Bertz CT molecular complexity index is 1430.